The molecule has 2 N–H and O–H groups in total. The molecule has 1 heterocycles. The van der Waals surface area contributed by atoms with E-state index < -0.39 is 0 Å². The highest BCUT2D eigenvalue weighted by molar-refractivity contribution is 5.83. The van der Waals surface area contributed by atoms with Crippen LogP contribution in [0.1, 0.15) is 39.5 Å². The van der Waals surface area contributed by atoms with Gasteiger partial charge in [0.15, 0.2) is 0 Å². The van der Waals surface area contributed by atoms with Gasteiger partial charge in [0.1, 0.15) is 0 Å². The van der Waals surface area contributed by atoms with Crippen molar-refractivity contribution in [2.24, 2.45) is 5.41 Å². The van der Waals surface area contributed by atoms with Crippen LogP contribution in [0.5, 0.6) is 0 Å². The molecular formula is C13H26N2O2. The zero-order valence-electron chi connectivity index (χ0n) is 11.3. The maximum absolute atomic E-state index is 12.3. The summed E-state index contributed by atoms with van der Waals surface area (Å²) in [5.74, 6) is 0.190. The third-order valence-electron chi connectivity index (χ3n) is 3.63. The Morgan fingerprint density at radius 3 is 2.88 bits per heavy atom. The summed E-state index contributed by atoms with van der Waals surface area (Å²) in [6.45, 7) is 6.55. The van der Waals surface area contributed by atoms with Crippen molar-refractivity contribution in [3.63, 3.8) is 0 Å². The molecule has 0 bridgehead atoms. The number of rotatable bonds is 6. The van der Waals surface area contributed by atoms with E-state index in [4.69, 9.17) is 4.74 Å². The Balaban J connectivity index is 2.53. The number of hydrogen-bond donors (Lipinski definition) is 2. The molecule has 4 nitrogen and oxygen atoms in total. The van der Waals surface area contributed by atoms with Gasteiger partial charge in [0.25, 0.3) is 0 Å². The van der Waals surface area contributed by atoms with Crippen molar-refractivity contribution in [3.8, 4) is 0 Å². The molecule has 0 aromatic heterocycles. The summed E-state index contributed by atoms with van der Waals surface area (Å²) in [7, 11) is 1.67. The number of carbonyl (C=O) groups excluding carboxylic acids is 1. The van der Waals surface area contributed by atoms with Crippen molar-refractivity contribution in [3.05, 3.63) is 0 Å². The van der Waals surface area contributed by atoms with Gasteiger partial charge in [0, 0.05) is 20.2 Å². The number of nitrogens with one attached hydrogen (secondary N) is 2. The van der Waals surface area contributed by atoms with E-state index in [9.17, 15) is 4.79 Å². The largest absolute Gasteiger partial charge is 0.380 e. The Labute approximate surface area is 104 Å². The van der Waals surface area contributed by atoms with Crippen LogP contribution in [0.2, 0.25) is 0 Å². The fourth-order valence-corrected chi connectivity index (χ4v) is 2.47. The standard InChI is InChI=1S/C13H26N2O2/c1-4-6-13(7-5-8-14-10-13)12(16)15-9-11(2)17-3/h11,14H,4-10H2,1-3H3,(H,15,16). The van der Waals surface area contributed by atoms with Crippen molar-refractivity contribution >= 4 is 5.91 Å². The van der Waals surface area contributed by atoms with Crippen molar-refractivity contribution in [2.45, 2.75) is 45.6 Å². The first-order chi connectivity index (χ1) is 8.14. The van der Waals surface area contributed by atoms with Crippen LogP contribution in [0, 0.1) is 5.41 Å². The molecule has 1 aliphatic rings. The summed E-state index contributed by atoms with van der Waals surface area (Å²) >= 11 is 0. The Hall–Kier alpha value is -0.610. The third-order valence-corrected chi connectivity index (χ3v) is 3.63. The first kappa shape index (κ1) is 14.5. The molecular weight excluding hydrogens is 216 g/mol. The number of amides is 1. The highest BCUT2D eigenvalue weighted by Crippen LogP contribution is 2.31. The zero-order chi connectivity index (χ0) is 12.7. The minimum absolute atomic E-state index is 0.0779. The maximum Gasteiger partial charge on any atom is 0.227 e. The lowest BCUT2D eigenvalue weighted by Gasteiger charge is -2.36. The molecule has 2 atom stereocenters. The number of hydrogen-bond acceptors (Lipinski definition) is 3. The van der Waals surface area contributed by atoms with Crippen molar-refractivity contribution in [2.75, 3.05) is 26.7 Å². The molecule has 100 valence electrons. The van der Waals surface area contributed by atoms with Gasteiger partial charge >= 0.3 is 0 Å². The van der Waals surface area contributed by atoms with Gasteiger partial charge in [-0.05, 0) is 32.7 Å². The second kappa shape index (κ2) is 6.97. The van der Waals surface area contributed by atoms with Gasteiger partial charge in [0.2, 0.25) is 5.91 Å². The van der Waals surface area contributed by atoms with Crippen molar-refractivity contribution in [1.82, 2.24) is 10.6 Å². The molecule has 1 aliphatic heterocycles. The highest BCUT2D eigenvalue weighted by atomic mass is 16.5. The monoisotopic (exact) mass is 242 g/mol. The number of carbonyl (C=O) groups is 1. The van der Waals surface area contributed by atoms with Gasteiger partial charge in [-0.25, -0.2) is 0 Å². The molecule has 0 spiro atoms. The van der Waals surface area contributed by atoms with E-state index in [1.165, 1.54) is 0 Å². The molecule has 0 radical (unpaired) electrons. The number of piperidine rings is 1. The van der Waals surface area contributed by atoms with E-state index in [1.54, 1.807) is 7.11 Å². The quantitative estimate of drug-likeness (QED) is 0.738. The van der Waals surface area contributed by atoms with Crippen LogP contribution in [0.25, 0.3) is 0 Å². The van der Waals surface area contributed by atoms with E-state index in [2.05, 4.69) is 17.6 Å². The van der Waals surface area contributed by atoms with E-state index >= 15 is 0 Å². The molecule has 2 unspecified atom stereocenters. The van der Waals surface area contributed by atoms with Gasteiger partial charge in [-0.15, -0.1) is 0 Å². The van der Waals surface area contributed by atoms with Crippen molar-refractivity contribution in [1.29, 1.82) is 0 Å². The fourth-order valence-electron chi connectivity index (χ4n) is 2.47. The lowest BCUT2D eigenvalue weighted by Crippen LogP contribution is -2.51. The molecule has 1 rings (SSSR count). The predicted octanol–water partition coefficient (Wildman–Crippen LogP) is 1.31. The summed E-state index contributed by atoms with van der Waals surface area (Å²) in [6, 6.07) is 0. The van der Waals surface area contributed by atoms with Gasteiger partial charge < -0.3 is 15.4 Å². The zero-order valence-corrected chi connectivity index (χ0v) is 11.3. The van der Waals surface area contributed by atoms with Gasteiger partial charge in [-0.3, -0.25) is 4.79 Å². The van der Waals surface area contributed by atoms with E-state index in [-0.39, 0.29) is 17.4 Å². The Kier molecular flexibility index (Phi) is 5.92. The summed E-state index contributed by atoms with van der Waals surface area (Å²) in [4.78, 5) is 12.3. The van der Waals surface area contributed by atoms with Crippen molar-refractivity contribution < 1.29 is 9.53 Å². The Bertz CT molecular complexity index is 232. The van der Waals surface area contributed by atoms with E-state index in [0.29, 0.717) is 6.54 Å². The lowest BCUT2D eigenvalue weighted by molar-refractivity contribution is -0.133. The first-order valence-electron chi connectivity index (χ1n) is 6.66. The topological polar surface area (TPSA) is 50.4 Å². The van der Waals surface area contributed by atoms with Crippen LogP contribution in [0.15, 0.2) is 0 Å². The summed E-state index contributed by atoms with van der Waals surface area (Å²) in [6.07, 6.45) is 4.19. The maximum atomic E-state index is 12.3. The average Bonchev–Trinajstić information content (AvgIpc) is 2.36. The van der Waals surface area contributed by atoms with Crippen LogP contribution >= 0.6 is 0 Å². The molecule has 0 aromatic carbocycles. The van der Waals surface area contributed by atoms with Crippen LogP contribution < -0.4 is 10.6 Å². The molecule has 0 aliphatic carbocycles. The van der Waals surface area contributed by atoms with Crippen LogP contribution in [-0.2, 0) is 9.53 Å². The Morgan fingerprint density at radius 2 is 2.35 bits per heavy atom. The van der Waals surface area contributed by atoms with Crippen LogP contribution in [-0.4, -0.2) is 38.8 Å². The normalized spacial score (nSPS) is 26.5. The minimum Gasteiger partial charge on any atom is -0.380 e. The SMILES string of the molecule is CCCC1(C(=O)NCC(C)OC)CCCNC1. The molecule has 17 heavy (non-hydrogen) atoms. The van der Waals surface area contributed by atoms with E-state index in [1.807, 2.05) is 6.92 Å². The van der Waals surface area contributed by atoms with E-state index in [0.717, 1.165) is 38.8 Å². The summed E-state index contributed by atoms with van der Waals surface area (Å²) in [5, 5.41) is 6.38. The smallest absolute Gasteiger partial charge is 0.227 e. The molecule has 0 saturated carbocycles. The van der Waals surface area contributed by atoms with Crippen LogP contribution in [0.4, 0.5) is 0 Å². The Morgan fingerprint density at radius 1 is 1.59 bits per heavy atom. The van der Waals surface area contributed by atoms with Gasteiger partial charge in [-0.2, -0.15) is 0 Å². The lowest BCUT2D eigenvalue weighted by atomic mass is 9.76. The second-order valence-electron chi connectivity index (χ2n) is 5.07. The number of ether oxygens (including phenoxy) is 1. The summed E-state index contributed by atoms with van der Waals surface area (Å²) < 4.78 is 5.15. The molecule has 1 saturated heterocycles. The molecule has 0 aromatic rings. The highest BCUT2D eigenvalue weighted by Gasteiger charge is 2.38. The third kappa shape index (κ3) is 3.96. The molecule has 4 heteroatoms. The van der Waals surface area contributed by atoms with Gasteiger partial charge in [0.05, 0.1) is 11.5 Å². The molecule has 1 fully saturated rings. The van der Waals surface area contributed by atoms with Gasteiger partial charge in [-0.1, -0.05) is 13.3 Å². The number of methoxy groups -OCH3 is 1. The first-order valence-corrected chi connectivity index (χ1v) is 6.66. The summed E-state index contributed by atoms with van der Waals surface area (Å²) in [5.41, 5.74) is -0.194. The second-order valence-corrected chi connectivity index (χ2v) is 5.07. The average molecular weight is 242 g/mol. The fraction of sp³-hybridized carbons (Fsp3) is 0.923. The predicted molar refractivity (Wildman–Crippen MR) is 68.9 cm³/mol. The van der Waals surface area contributed by atoms with Crippen LogP contribution in [0.3, 0.4) is 0 Å². The molecule has 1 amide bonds. The minimum atomic E-state index is -0.194.